The summed E-state index contributed by atoms with van der Waals surface area (Å²) in [7, 11) is 0. The second-order valence-electron chi connectivity index (χ2n) is 16.8. The Labute approximate surface area is 332 Å². The Hall–Kier alpha value is -4.79. The molecule has 0 saturated heterocycles. The van der Waals surface area contributed by atoms with Gasteiger partial charge in [-0.15, -0.1) is 0 Å². The fraction of sp³-hybridized carbons (Fsp3) is 0.561. The summed E-state index contributed by atoms with van der Waals surface area (Å²) in [6.07, 6.45) is 5.46. The van der Waals surface area contributed by atoms with E-state index in [9.17, 15) is 39.0 Å². The molecule has 4 fully saturated rings. The van der Waals surface area contributed by atoms with Gasteiger partial charge in [-0.25, -0.2) is 4.79 Å². The first-order valence-electron chi connectivity index (χ1n) is 19.2. The van der Waals surface area contributed by atoms with E-state index in [0.717, 1.165) is 12.0 Å². The van der Waals surface area contributed by atoms with Crippen LogP contribution in [-0.2, 0) is 41.6 Å². The molecule has 6 rings (SSSR count). The number of carbonyl (C=O) groups excluding carboxylic acids is 5. The summed E-state index contributed by atoms with van der Waals surface area (Å²) in [6.45, 7) is 4.59. The van der Waals surface area contributed by atoms with Gasteiger partial charge in [0.2, 0.25) is 23.6 Å². The Morgan fingerprint density at radius 3 is 2.00 bits per heavy atom. The van der Waals surface area contributed by atoms with E-state index in [-0.39, 0.29) is 36.8 Å². The zero-order chi connectivity index (χ0) is 40.7. The molecule has 0 aromatic heterocycles. The summed E-state index contributed by atoms with van der Waals surface area (Å²) in [4.78, 5) is 79.8. The van der Waals surface area contributed by atoms with Crippen molar-refractivity contribution < 1.29 is 43.7 Å². The summed E-state index contributed by atoms with van der Waals surface area (Å²) in [5.41, 5.74) is -0.886. The van der Waals surface area contributed by atoms with Crippen LogP contribution >= 0.6 is 11.8 Å². The molecule has 15 heteroatoms. The standard InChI is InChI=1S/C41H55N5O9S/c1-39(2,3)55-38(54)45-31(18-26-10-12-29(47)13-11-26)35(50)44-30(14-15-56-4)34(49)42-23-33(48)43-32(17-25-8-6-5-7-9-25)36(51)46-41-21-27-16-28(22-41)20-40(19-27,24-41)37(52)53/h5-13,27-28,30-32,47H,14-24H2,1-4H3,(H,42,49)(H,43,48)(H,44,50)(H,45,54)(H,46,51)(H,52,53)/t27?,28?,30-,31+,32+,40?,41?/m1/s1. The van der Waals surface area contributed by atoms with Gasteiger partial charge in [0, 0.05) is 18.4 Å². The monoisotopic (exact) mass is 793 g/mol. The molecule has 4 saturated carbocycles. The quantitative estimate of drug-likeness (QED) is 0.124. The Morgan fingerprint density at radius 2 is 1.41 bits per heavy atom. The van der Waals surface area contributed by atoms with E-state index in [1.807, 2.05) is 36.6 Å². The summed E-state index contributed by atoms with van der Waals surface area (Å²) in [5.74, 6) is -2.12. The van der Waals surface area contributed by atoms with Gasteiger partial charge in [-0.3, -0.25) is 24.0 Å². The number of hydrogen-bond donors (Lipinski definition) is 7. The SMILES string of the molecule is CSCC[C@@H](NC(=O)[C@H](Cc1ccc(O)cc1)NC(=O)OC(C)(C)C)C(=O)NCC(=O)N[C@@H](Cc1ccccc1)C(=O)NC12CC3CC(C1)CC(C(=O)O)(C3)C2. The molecule has 0 aliphatic heterocycles. The number of ether oxygens (including phenoxy) is 1. The Morgan fingerprint density at radius 1 is 0.804 bits per heavy atom. The lowest BCUT2D eigenvalue weighted by molar-refractivity contribution is -0.170. The summed E-state index contributed by atoms with van der Waals surface area (Å²) < 4.78 is 5.38. The largest absolute Gasteiger partial charge is 0.508 e. The van der Waals surface area contributed by atoms with Crippen LogP contribution in [0.4, 0.5) is 4.79 Å². The first kappa shape index (κ1) is 42.4. The minimum Gasteiger partial charge on any atom is -0.508 e. The molecule has 0 radical (unpaired) electrons. The number of carboxylic acid groups (broad SMARTS) is 1. The minimum atomic E-state index is -1.14. The number of nitrogens with one attached hydrogen (secondary N) is 5. The van der Waals surface area contributed by atoms with Gasteiger partial charge in [-0.1, -0.05) is 42.5 Å². The first-order valence-corrected chi connectivity index (χ1v) is 20.6. The lowest BCUT2D eigenvalue weighted by atomic mass is 9.47. The molecule has 0 heterocycles. The lowest BCUT2D eigenvalue weighted by Crippen LogP contribution is -2.66. The second-order valence-corrected chi connectivity index (χ2v) is 17.7. The van der Waals surface area contributed by atoms with E-state index in [1.54, 1.807) is 32.9 Å². The number of hydrogen-bond acceptors (Lipinski definition) is 9. The molecule has 4 aliphatic carbocycles. The fourth-order valence-electron chi connectivity index (χ4n) is 8.91. The van der Waals surface area contributed by atoms with Crippen molar-refractivity contribution in [2.24, 2.45) is 17.3 Å². The van der Waals surface area contributed by atoms with E-state index in [1.165, 1.54) is 23.9 Å². The summed E-state index contributed by atoms with van der Waals surface area (Å²) >= 11 is 1.46. The number of amides is 5. The van der Waals surface area contributed by atoms with Gasteiger partial charge in [-0.2, -0.15) is 11.8 Å². The fourth-order valence-corrected chi connectivity index (χ4v) is 9.38. The zero-order valence-corrected chi connectivity index (χ0v) is 33.3. The zero-order valence-electron chi connectivity index (χ0n) is 32.5. The van der Waals surface area contributed by atoms with Crippen molar-refractivity contribution in [2.45, 2.75) is 108 Å². The van der Waals surface area contributed by atoms with Crippen molar-refractivity contribution in [1.29, 1.82) is 0 Å². The molecular weight excluding hydrogens is 739 g/mol. The van der Waals surface area contributed by atoms with Gasteiger partial charge < -0.3 is 41.5 Å². The van der Waals surface area contributed by atoms with Crippen molar-refractivity contribution in [3.8, 4) is 5.75 Å². The second kappa shape index (κ2) is 18.0. The molecular formula is C41H55N5O9S. The van der Waals surface area contributed by atoms with Gasteiger partial charge in [0.1, 0.15) is 29.5 Å². The number of phenols is 1. The van der Waals surface area contributed by atoms with Crippen LogP contribution in [0, 0.1) is 17.3 Å². The molecule has 4 bridgehead atoms. The molecule has 2 aromatic carbocycles. The van der Waals surface area contributed by atoms with E-state index in [2.05, 4.69) is 26.6 Å². The van der Waals surface area contributed by atoms with Gasteiger partial charge in [0.05, 0.1) is 12.0 Å². The molecule has 0 spiro atoms. The number of phenolic OH excluding ortho intramolecular Hbond substituents is 1. The van der Waals surface area contributed by atoms with Crippen LogP contribution in [0.1, 0.15) is 76.8 Å². The van der Waals surface area contributed by atoms with Crippen molar-refractivity contribution in [3.05, 3.63) is 65.7 Å². The number of rotatable bonds is 17. The van der Waals surface area contributed by atoms with Crippen molar-refractivity contribution in [3.63, 3.8) is 0 Å². The molecule has 4 aliphatic rings. The maximum absolute atomic E-state index is 14.0. The van der Waals surface area contributed by atoms with Crippen LogP contribution in [0.25, 0.3) is 0 Å². The third-order valence-electron chi connectivity index (χ3n) is 10.9. The van der Waals surface area contributed by atoms with Crippen LogP contribution in [0.5, 0.6) is 5.75 Å². The highest BCUT2D eigenvalue weighted by atomic mass is 32.2. The van der Waals surface area contributed by atoms with Crippen LogP contribution in [0.3, 0.4) is 0 Å². The highest BCUT2D eigenvalue weighted by Gasteiger charge is 2.61. The third-order valence-corrected chi connectivity index (χ3v) is 11.5. The Bertz CT molecular complexity index is 1740. The first-order chi connectivity index (χ1) is 26.5. The lowest BCUT2D eigenvalue weighted by Gasteiger charge is -2.60. The number of benzene rings is 2. The number of carbonyl (C=O) groups is 6. The Kier molecular flexibility index (Phi) is 13.6. The average molecular weight is 794 g/mol. The number of carboxylic acids is 1. The van der Waals surface area contributed by atoms with E-state index in [4.69, 9.17) is 4.74 Å². The smallest absolute Gasteiger partial charge is 0.408 e. The summed E-state index contributed by atoms with van der Waals surface area (Å²) in [5, 5.41) is 33.8. The maximum Gasteiger partial charge on any atom is 0.408 e. The highest BCUT2D eigenvalue weighted by molar-refractivity contribution is 7.98. The molecule has 2 aromatic rings. The molecule has 2 unspecified atom stereocenters. The Balaban J connectivity index is 1.24. The van der Waals surface area contributed by atoms with Crippen molar-refractivity contribution in [2.75, 3.05) is 18.6 Å². The third kappa shape index (κ3) is 11.4. The predicted octanol–water partition coefficient (Wildman–Crippen LogP) is 3.45. The predicted molar refractivity (Wildman–Crippen MR) is 211 cm³/mol. The number of alkyl carbamates (subject to hydrolysis) is 1. The highest BCUT2D eigenvalue weighted by Crippen LogP contribution is 2.61. The number of thioether (sulfide) groups is 1. The molecule has 5 atom stereocenters. The van der Waals surface area contributed by atoms with E-state index in [0.29, 0.717) is 43.4 Å². The summed E-state index contributed by atoms with van der Waals surface area (Å²) in [6, 6.07) is 12.2. The van der Waals surface area contributed by atoms with Crippen molar-refractivity contribution in [1.82, 2.24) is 26.6 Å². The van der Waals surface area contributed by atoms with Crippen LogP contribution < -0.4 is 26.6 Å². The van der Waals surface area contributed by atoms with Gasteiger partial charge in [0.25, 0.3) is 0 Å². The van der Waals surface area contributed by atoms with Crippen molar-refractivity contribution >= 4 is 47.5 Å². The molecule has 7 N–H and O–H groups in total. The van der Waals surface area contributed by atoms with Gasteiger partial charge in [0.15, 0.2) is 0 Å². The molecule has 14 nitrogen and oxygen atoms in total. The maximum atomic E-state index is 14.0. The van der Waals surface area contributed by atoms with E-state index < -0.39 is 76.9 Å². The molecule has 5 amide bonds. The molecule has 56 heavy (non-hydrogen) atoms. The number of aliphatic carboxylic acids is 1. The number of aromatic hydroxyl groups is 1. The molecule has 304 valence electrons. The average Bonchev–Trinajstić information content (AvgIpc) is 3.11. The minimum absolute atomic E-state index is 0.0371. The van der Waals surface area contributed by atoms with Gasteiger partial charge >= 0.3 is 12.1 Å². The van der Waals surface area contributed by atoms with E-state index >= 15 is 0 Å². The normalized spacial score (nSPS) is 23.9. The van der Waals surface area contributed by atoms with Crippen LogP contribution in [0.15, 0.2) is 54.6 Å². The van der Waals surface area contributed by atoms with Gasteiger partial charge in [-0.05, 0) is 113 Å². The topological polar surface area (TPSA) is 212 Å². The van der Waals surface area contributed by atoms with Crippen LogP contribution in [0.2, 0.25) is 0 Å². The van der Waals surface area contributed by atoms with Crippen LogP contribution in [-0.4, -0.2) is 93.7 Å².